The minimum atomic E-state index is 0.229. The van der Waals surface area contributed by atoms with Gasteiger partial charge in [-0.2, -0.15) is 4.98 Å². The number of aromatic nitrogens is 2. The van der Waals surface area contributed by atoms with Gasteiger partial charge in [-0.1, -0.05) is 6.92 Å². The van der Waals surface area contributed by atoms with Crippen molar-refractivity contribution in [3.8, 4) is 5.88 Å². The molecule has 0 bridgehead atoms. The third-order valence-electron chi connectivity index (χ3n) is 3.00. The van der Waals surface area contributed by atoms with Crippen LogP contribution in [0.5, 0.6) is 5.88 Å². The van der Waals surface area contributed by atoms with Gasteiger partial charge in [0.1, 0.15) is 18.2 Å². The fourth-order valence-electron chi connectivity index (χ4n) is 1.81. The molecule has 1 aromatic heterocycles. The molecule has 1 aliphatic carbocycles. The van der Waals surface area contributed by atoms with Crippen LogP contribution in [-0.2, 0) is 4.74 Å². The SMILES string of the molecule is CCCNc1cc(OCCOC(C)C)nc(C2CC2)n1. The van der Waals surface area contributed by atoms with E-state index in [2.05, 4.69) is 22.2 Å². The van der Waals surface area contributed by atoms with Crippen LogP contribution in [0.1, 0.15) is 51.8 Å². The number of hydrogen-bond acceptors (Lipinski definition) is 5. The van der Waals surface area contributed by atoms with Crippen LogP contribution in [0.15, 0.2) is 6.07 Å². The van der Waals surface area contributed by atoms with Crippen LogP contribution in [0.25, 0.3) is 0 Å². The molecular formula is C15H25N3O2. The molecule has 20 heavy (non-hydrogen) atoms. The standard InChI is InChI=1S/C15H25N3O2/c1-4-7-16-13-10-14(20-9-8-19-11(2)3)18-15(17-13)12-5-6-12/h10-12H,4-9H2,1-3H3,(H,16,17,18). The monoisotopic (exact) mass is 279 g/mol. The number of rotatable bonds is 9. The molecule has 2 rings (SSSR count). The molecule has 0 aromatic carbocycles. The minimum Gasteiger partial charge on any atom is -0.475 e. The van der Waals surface area contributed by atoms with Crippen molar-refractivity contribution in [2.24, 2.45) is 0 Å². The first-order chi connectivity index (χ1) is 9.69. The quantitative estimate of drug-likeness (QED) is 0.704. The molecule has 0 spiro atoms. The van der Waals surface area contributed by atoms with Crippen molar-refractivity contribution in [3.63, 3.8) is 0 Å². The van der Waals surface area contributed by atoms with E-state index in [0.717, 1.165) is 24.6 Å². The molecule has 5 heteroatoms. The summed E-state index contributed by atoms with van der Waals surface area (Å²) < 4.78 is 11.1. The molecule has 1 aliphatic rings. The van der Waals surface area contributed by atoms with Crippen molar-refractivity contribution < 1.29 is 9.47 Å². The summed E-state index contributed by atoms with van der Waals surface area (Å²) in [4.78, 5) is 9.05. The summed E-state index contributed by atoms with van der Waals surface area (Å²) >= 11 is 0. The Labute approximate surface area is 121 Å². The number of hydrogen-bond donors (Lipinski definition) is 1. The maximum atomic E-state index is 5.68. The van der Waals surface area contributed by atoms with Crippen LogP contribution in [0.4, 0.5) is 5.82 Å². The molecular weight excluding hydrogens is 254 g/mol. The van der Waals surface area contributed by atoms with Gasteiger partial charge in [0, 0.05) is 18.5 Å². The van der Waals surface area contributed by atoms with Crippen molar-refractivity contribution in [2.45, 2.75) is 52.1 Å². The average Bonchev–Trinajstić information content (AvgIpc) is 3.25. The Balaban J connectivity index is 1.93. The second-order valence-electron chi connectivity index (χ2n) is 5.42. The van der Waals surface area contributed by atoms with Gasteiger partial charge in [0.25, 0.3) is 0 Å². The van der Waals surface area contributed by atoms with Crippen LogP contribution in [0.2, 0.25) is 0 Å². The van der Waals surface area contributed by atoms with E-state index in [1.165, 1.54) is 12.8 Å². The molecule has 1 aromatic rings. The highest BCUT2D eigenvalue weighted by Gasteiger charge is 2.27. The predicted molar refractivity (Wildman–Crippen MR) is 79.4 cm³/mol. The number of anilines is 1. The van der Waals surface area contributed by atoms with Crippen LogP contribution in [0, 0.1) is 0 Å². The van der Waals surface area contributed by atoms with Gasteiger partial charge < -0.3 is 14.8 Å². The summed E-state index contributed by atoms with van der Waals surface area (Å²) in [5.41, 5.74) is 0. The van der Waals surface area contributed by atoms with Gasteiger partial charge in [-0.25, -0.2) is 4.98 Å². The van der Waals surface area contributed by atoms with Crippen LogP contribution in [0.3, 0.4) is 0 Å². The second kappa shape index (κ2) is 7.43. The summed E-state index contributed by atoms with van der Waals surface area (Å²) in [6.07, 6.45) is 3.68. The molecule has 112 valence electrons. The van der Waals surface area contributed by atoms with E-state index < -0.39 is 0 Å². The third kappa shape index (κ3) is 4.96. The van der Waals surface area contributed by atoms with E-state index >= 15 is 0 Å². The lowest BCUT2D eigenvalue weighted by atomic mass is 10.4. The lowest BCUT2D eigenvalue weighted by molar-refractivity contribution is 0.0542. The van der Waals surface area contributed by atoms with E-state index in [0.29, 0.717) is 25.0 Å². The van der Waals surface area contributed by atoms with Crippen molar-refractivity contribution in [1.29, 1.82) is 0 Å². The van der Waals surface area contributed by atoms with Gasteiger partial charge in [-0.05, 0) is 33.1 Å². The van der Waals surface area contributed by atoms with E-state index in [1.54, 1.807) is 0 Å². The van der Waals surface area contributed by atoms with Gasteiger partial charge in [-0.15, -0.1) is 0 Å². The zero-order valence-corrected chi connectivity index (χ0v) is 12.7. The third-order valence-corrected chi connectivity index (χ3v) is 3.00. The minimum absolute atomic E-state index is 0.229. The van der Waals surface area contributed by atoms with Crippen LogP contribution < -0.4 is 10.1 Å². The Morgan fingerprint density at radius 2 is 2.10 bits per heavy atom. The van der Waals surface area contributed by atoms with Crippen LogP contribution >= 0.6 is 0 Å². The molecule has 1 saturated carbocycles. The molecule has 5 nitrogen and oxygen atoms in total. The highest BCUT2D eigenvalue weighted by atomic mass is 16.5. The molecule has 0 atom stereocenters. The molecule has 1 N–H and O–H groups in total. The summed E-state index contributed by atoms with van der Waals surface area (Å²) in [6.45, 7) is 8.18. The highest BCUT2D eigenvalue weighted by molar-refractivity contribution is 5.39. The molecule has 0 saturated heterocycles. The molecule has 0 amide bonds. The van der Waals surface area contributed by atoms with Crippen LogP contribution in [-0.4, -0.2) is 35.8 Å². The van der Waals surface area contributed by atoms with Gasteiger partial charge in [0.2, 0.25) is 5.88 Å². The first-order valence-corrected chi connectivity index (χ1v) is 7.56. The summed E-state index contributed by atoms with van der Waals surface area (Å²) in [5, 5.41) is 3.30. The lowest BCUT2D eigenvalue weighted by Crippen LogP contribution is -2.13. The first kappa shape index (κ1) is 15.0. The highest BCUT2D eigenvalue weighted by Crippen LogP contribution is 2.39. The largest absolute Gasteiger partial charge is 0.475 e. The first-order valence-electron chi connectivity index (χ1n) is 7.56. The maximum Gasteiger partial charge on any atom is 0.218 e. The fraction of sp³-hybridized carbons (Fsp3) is 0.733. The summed E-state index contributed by atoms with van der Waals surface area (Å²) in [5.74, 6) is 2.94. The van der Waals surface area contributed by atoms with E-state index in [-0.39, 0.29) is 6.10 Å². The lowest BCUT2D eigenvalue weighted by Gasteiger charge is -2.11. The second-order valence-corrected chi connectivity index (χ2v) is 5.42. The Morgan fingerprint density at radius 1 is 1.30 bits per heavy atom. The molecule has 0 unspecified atom stereocenters. The smallest absolute Gasteiger partial charge is 0.218 e. The number of ether oxygens (including phenoxy) is 2. The van der Waals surface area contributed by atoms with E-state index in [9.17, 15) is 0 Å². The predicted octanol–water partition coefficient (Wildman–Crippen LogP) is 2.98. The normalized spacial score (nSPS) is 14.6. The molecule has 1 fully saturated rings. The zero-order chi connectivity index (χ0) is 14.4. The van der Waals surface area contributed by atoms with Crippen molar-refractivity contribution in [1.82, 2.24) is 9.97 Å². The van der Waals surface area contributed by atoms with Gasteiger partial charge in [-0.3, -0.25) is 0 Å². The average molecular weight is 279 g/mol. The van der Waals surface area contributed by atoms with E-state index in [1.807, 2.05) is 19.9 Å². The Bertz CT molecular complexity index is 420. The Kier molecular flexibility index (Phi) is 5.59. The van der Waals surface area contributed by atoms with E-state index in [4.69, 9.17) is 9.47 Å². The molecule has 1 heterocycles. The van der Waals surface area contributed by atoms with Crippen molar-refractivity contribution in [3.05, 3.63) is 11.9 Å². The topological polar surface area (TPSA) is 56.3 Å². The Hall–Kier alpha value is -1.36. The van der Waals surface area contributed by atoms with Gasteiger partial charge in [0.05, 0.1) is 12.7 Å². The maximum absolute atomic E-state index is 5.68. The van der Waals surface area contributed by atoms with Crippen molar-refractivity contribution >= 4 is 5.82 Å². The Morgan fingerprint density at radius 3 is 2.75 bits per heavy atom. The zero-order valence-electron chi connectivity index (χ0n) is 12.7. The fourth-order valence-corrected chi connectivity index (χ4v) is 1.81. The summed E-state index contributed by atoms with van der Waals surface area (Å²) in [7, 11) is 0. The molecule has 0 radical (unpaired) electrons. The number of nitrogens with one attached hydrogen (secondary N) is 1. The van der Waals surface area contributed by atoms with Gasteiger partial charge >= 0.3 is 0 Å². The number of nitrogens with zero attached hydrogens (tertiary/aromatic N) is 2. The van der Waals surface area contributed by atoms with Gasteiger partial charge in [0.15, 0.2) is 0 Å². The molecule has 0 aliphatic heterocycles. The summed E-state index contributed by atoms with van der Waals surface area (Å²) in [6, 6.07) is 1.87. The van der Waals surface area contributed by atoms with Crippen molar-refractivity contribution in [2.75, 3.05) is 25.1 Å².